The zero-order valence-corrected chi connectivity index (χ0v) is 20.9. The monoisotopic (exact) mass is 499 g/mol. The third-order valence-corrected chi connectivity index (χ3v) is 5.89. The number of fused-ring (bicyclic) bond motifs is 1. The van der Waals surface area contributed by atoms with Crippen molar-refractivity contribution in [3.63, 3.8) is 0 Å². The average Bonchev–Trinajstić information content (AvgIpc) is 2.89. The summed E-state index contributed by atoms with van der Waals surface area (Å²) in [7, 11) is 0. The lowest BCUT2D eigenvalue weighted by Crippen LogP contribution is -2.36. The fraction of sp³-hybridized carbons (Fsp3) is 0.233. The van der Waals surface area contributed by atoms with E-state index in [4.69, 9.17) is 13.9 Å². The van der Waals surface area contributed by atoms with E-state index in [1.54, 1.807) is 36.4 Å². The second kappa shape index (κ2) is 12.0. The van der Waals surface area contributed by atoms with Crippen LogP contribution in [0, 0.1) is 6.92 Å². The van der Waals surface area contributed by atoms with Crippen molar-refractivity contribution in [3.8, 4) is 5.75 Å². The van der Waals surface area contributed by atoms with E-state index in [1.807, 2.05) is 43.3 Å². The molecule has 7 heteroatoms. The first-order valence-corrected chi connectivity index (χ1v) is 12.3. The van der Waals surface area contributed by atoms with E-state index in [0.29, 0.717) is 23.0 Å². The van der Waals surface area contributed by atoms with Gasteiger partial charge in [-0.05, 0) is 54.2 Å². The number of unbranched alkanes of at least 4 members (excludes halogenated alkanes) is 1. The summed E-state index contributed by atoms with van der Waals surface area (Å²) >= 11 is 0. The second-order valence-electron chi connectivity index (χ2n) is 8.80. The highest BCUT2D eigenvalue weighted by atomic mass is 16.6. The Morgan fingerprint density at radius 3 is 2.38 bits per heavy atom. The van der Waals surface area contributed by atoms with E-state index in [-0.39, 0.29) is 12.4 Å². The Hall–Kier alpha value is -4.39. The largest absolute Gasteiger partial charge is 0.445 e. The summed E-state index contributed by atoms with van der Waals surface area (Å²) in [6.07, 6.45) is 1.69. The summed E-state index contributed by atoms with van der Waals surface area (Å²) in [5.74, 6) is -0.419. The van der Waals surface area contributed by atoms with E-state index in [2.05, 4.69) is 12.2 Å². The molecule has 0 aliphatic carbocycles. The zero-order chi connectivity index (χ0) is 26.2. The molecule has 1 atom stereocenters. The molecule has 0 radical (unpaired) electrons. The van der Waals surface area contributed by atoms with Crippen LogP contribution in [0.5, 0.6) is 5.75 Å². The fourth-order valence-electron chi connectivity index (χ4n) is 4.09. The predicted octanol–water partition coefficient (Wildman–Crippen LogP) is 6.02. The SMILES string of the molecule is CCCCc1cc(=O)oc2cc(C)cc(OC(=O)[C@@H](NC(=O)OCc3ccccc3)c3ccccc3)c12. The van der Waals surface area contributed by atoms with Crippen molar-refractivity contribution < 1.29 is 23.5 Å². The Bertz CT molecular complexity index is 1430. The van der Waals surface area contributed by atoms with E-state index < -0.39 is 23.7 Å². The molecule has 4 aromatic rings. The molecule has 7 nitrogen and oxygen atoms in total. The van der Waals surface area contributed by atoms with E-state index in [1.165, 1.54) is 6.07 Å². The van der Waals surface area contributed by atoms with Crippen molar-refractivity contribution in [1.29, 1.82) is 0 Å². The standard InChI is InChI=1S/C30H29NO6/c1-3-4-13-23-18-26(32)36-24-16-20(2)17-25(27(23)24)37-29(33)28(22-14-9-6-10-15-22)31-30(34)35-19-21-11-7-5-8-12-21/h5-12,14-18,28H,3-4,13,19H2,1-2H3,(H,31,34)/t28-/m0/s1. The van der Waals surface area contributed by atoms with Gasteiger partial charge in [0, 0.05) is 6.07 Å². The first kappa shape index (κ1) is 25.7. The van der Waals surface area contributed by atoms with Crippen LogP contribution >= 0.6 is 0 Å². The lowest BCUT2D eigenvalue weighted by atomic mass is 10.0. The van der Waals surface area contributed by atoms with Crippen LogP contribution in [0.25, 0.3) is 11.0 Å². The van der Waals surface area contributed by atoms with Gasteiger partial charge in [0.15, 0.2) is 6.04 Å². The van der Waals surface area contributed by atoms with Gasteiger partial charge in [0.25, 0.3) is 0 Å². The van der Waals surface area contributed by atoms with Gasteiger partial charge >= 0.3 is 17.7 Å². The molecular weight excluding hydrogens is 470 g/mol. The first-order chi connectivity index (χ1) is 17.9. The third-order valence-electron chi connectivity index (χ3n) is 5.89. The van der Waals surface area contributed by atoms with Gasteiger partial charge in [0.2, 0.25) is 0 Å². The highest BCUT2D eigenvalue weighted by Gasteiger charge is 2.27. The number of alkyl carbamates (subject to hydrolysis) is 1. The predicted molar refractivity (Wildman–Crippen MR) is 140 cm³/mol. The van der Waals surface area contributed by atoms with Crippen LogP contribution < -0.4 is 15.7 Å². The molecule has 3 aromatic carbocycles. The summed E-state index contributed by atoms with van der Waals surface area (Å²) in [6, 6.07) is 21.9. The van der Waals surface area contributed by atoms with Crippen molar-refractivity contribution in [2.75, 3.05) is 0 Å². The molecular formula is C30H29NO6. The van der Waals surface area contributed by atoms with Gasteiger partial charge in [-0.2, -0.15) is 0 Å². The molecule has 0 saturated heterocycles. The molecule has 190 valence electrons. The molecule has 1 amide bonds. The van der Waals surface area contributed by atoms with Crippen molar-refractivity contribution >= 4 is 23.0 Å². The van der Waals surface area contributed by atoms with Crippen LogP contribution in [0.3, 0.4) is 0 Å². The minimum atomic E-state index is -1.12. The number of benzene rings is 3. The van der Waals surface area contributed by atoms with Crippen LogP contribution in [-0.2, 0) is 22.6 Å². The number of aryl methyl sites for hydroxylation is 2. The molecule has 0 spiro atoms. The van der Waals surface area contributed by atoms with Crippen LogP contribution in [0.4, 0.5) is 4.79 Å². The van der Waals surface area contributed by atoms with Gasteiger partial charge in [-0.1, -0.05) is 74.0 Å². The average molecular weight is 500 g/mol. The Morgan fingerprint density at radius 1 is 0.973 bits per heavy atom. The van der Waals surface area contributed by atoms with Gasteiger partial charge in [0.05, 0.1) is 5.39 Å². The van der Waals surface area contributed by atoms with Crippen molar-refractivity contribution in [3.05, 3.63) is 112 Å². The maximum Gasteiger partial charge on any atom is 0.408 e. The number of hydrogen-bond acceptors (Lipinski definition) is 6. The Kier molecular flexibility index (Phi) is 8.36. The molecule has 37 heavy (non-hydrogen) atoms. The summed E-state index contributed by atoms with van der Waals surface area (Å²) in [6.45, 7) is 3.95. The fourth-order valence-corrected chi connectivity index (χ4v) is 4.09. The van der Waals surface area contributed by atoms with Crippen molar-refractivity contribution in [2.24, 2.45) is 0 Å². The Morgan fingerprint density at radius 2 is 1.68 bits per heavy atom. The zero-order valence-electron chi connectivity index (χ0n) is 20.9. The highest BCUT2D eigenvalue weighted by molar-refractivity contribution is 5.92. The van der Waals surface area contributed by atoms with E-state index >= 15 is 0 Å². The van der Waals surface area contributed by atoms with E-state index in [0.717, 1.165) is 29.5 Å². The van der Waals surface area contributed by atoms with Gasteiger partial charge in [-0.3, -0.25) is 0 Å². The minimum absolute atomic E-state index is 0.0611. The maximum absolute atomic E-state index is 13.5. The minimum Gasteiger partial charge on any atom is -0.445 e. The molecule has 0 fully saturated rings. The summed E-state index contributed by atoms with van der Waals surface area (Å²) in [4.78, 5) is 38.3. The molecule has 0 unspecified atom stereocenters. The number of hydrogen-bond donors (Lipinski definition) is 1. The van der Waals surface area contributed by atoms with Crippen molar-refractivity contribution in [1.82, 2.24) is 5.32 Å². The molecule has 1 heterocycles. The molecule has 1 aromatic heterocycles. The number of carbonyl (C=O) groups is 2. The number of ether oxygens (including phenoxy) is 2. The van der Waals surface area contributed by atoms with Gasteiger partial charge in [0.1, 0.15) is 17.9 Å². The number of esters is 1. The lowest BCUT2D eigenvalue weighted by Gasteiger charge is -2.19. The van der Waals surface area contributed by atoms with Crippen LogP contribution in [0.2, 0.25) is 0 Å². The van der Waals surface area contributed by atoms with Crippen molar-refractivity contribution in [2.45, 2.75) is 45.8 Å². The summed E-state index contributed by atoms with van der Waals surface area (Å²) in [5, 5.41) is 3.21. The third kappa shape index (κ3) is 6.64. The number of rotatable bonds is 9. The normalized spacial score (nSPS) is 11.6. The highest BCUT2D eigenvalue weighted by Crippen LogP contribution is 2.32. The second-order valence-corrected chi connectivity index (χ2v) is 8.80. The molecule has 0 bridgehead atoms. The van der Waals surface area contributed by atoms with Gasteiger partial charge < -0.3 is 19.2 Å². The molecule has 1 N–H and O–H groups in total. The van der Waals surface area contributed by atoms with E-state index in [9.17, 15) is 14.4 Å². The van der Waals surface area contributed by atoms with Crippen LogP contribution in [0.1, 0.15) is 48.1 Å². The smallest absolute Gasteiger partial charge is 0.408 e. The Balaban J connectivity index is 1.62. The molecule has 0 aliphatic heterocycles. The summed E-state index contributed by atoms with van der Waals surface area (Å²) < 4.78 is 16.6. The molecule has 0 saturated carbocycles. The lowest BCUT2D eigenvalue weighted by molar-refractivity contribution is -0.136. The number of nitrogens with one attached hydrogen (secondary N) is 1. The molecule has 4 rings (SSSR count). The topological polar surface area (TPSA) is 94.8 Å². The quantitative estimate of drug-likeness (QED) is 0.172. The first-order valence-electron chi connectivity index (χ1n) is 12.3. The molecule has 0 aliphatic rings. The summed E-state index contributed by atoms with van der Waals surface area (Å²) in [5.41, 5.74) is 2.78. The van der Waals surface area contributed by atoms with Crippen LogP contribution in [-0.4, -0.2) is 12.1 Å². The van der Waals surface area contributed by atoms with Gasteiger partial charge in [-0.25, -0.2) is 14.4 Å². The van der Waals surface area contributed by atoms with Crippen LogP contribution in [0.15, 0.2) is 88.1 Å². The Labute approximate surface area is 215 Å². The maximum atomic E-state index is 13.5. The number of carbonyl (C=O) groups excluding carboxylic acids is 2. The number of amides is 1. The van der Waals surface area contributed by atoms with Gasteiger partial charge in [-0.15, -0.1) is 0 Å².